The second-order valence-electron chi connectivity index (χ2n) is 7.37. The van der Waals surface area contributed by atoms with Crippen molar-refractivity contribution in [2.45, 2.75) is 59.1 Å². The maximum Gasteiger partial charge on any atom is 0.342 e. The van der Waals surface area contributed by atoms with E-state index in [9.17, 15) is 14.4 Å². The Balaban J connectivity index is 1.69. The number of aryl methyl sites for hydroxylation is 2. The molecule has 0 radical (unpaired) electrons. The summed E-state index contributed by atoms with van der Waals surface area (Å²) in [4.78, 5) is 37.8. The van der Waals surface area contributed by atoms with E-state index in [2.05, 4.69) is 16.7 Å². The van der Waals surface area contributed by atoms with Gasteiger partial charge in [-0.2, -0.15) is 0 Å². The predicted octanol–water partition coefficient (Wildman–Crippen LogP) is 4.06. The van der Waals surface area contributed by atoms with Crippen LogP contribution in [0.5, 0.6) is 0 Å². The van der Waals surface area contributed by atoms with Crippen molar-refractivity contribution in [1.82, 2.24) is 5.32 Å². The number of carbonyl (C=O) groups excluding carboxylic acids is 3. The van der Waals surface area contributed by atoms with Gasteiger partial charge in [0.15, 0.2) is 6.10 Å². The lowest BCUT2D eigenvalue weighted by Gasteiger charge is -2.27. The van der Waals surface area contributed by atoms with E-state index in [1.807, 2.05) is 25.1 Å². The zero-order chi connectivity index (χ0) is 21.1. The second kappa shape index (κ2) is 8.78. The van der Waals surface area contributed by atoms with E-state index in [4.69, 9.17) is 4.74 Å². The van der Waals surface area contributed by atoms with E-state index in [0.717, 1.165) is 35.3 Å². The summed E-state index contributed by atoms with van der Waals surface area (Å²) in [7, 11) is 0. The van der Waals surface area contributed by atoms with Crippen molar-refractivity contribution >= 4 is 34.1 Å². The highest BCUT2D eigenvalue weighted by molar-refractivity contribution is 7.16. The van der Waals surface area contributed by atoms with E-state index in [1.54, 1.807) is 13.8 Å². The Labute approximate surface area is 174 Å². The lowest BCUT2D eigenvalue weighted by atomic mass is 9.87. The SMILES string of the molecule is CC(=O)Nc1sc(C)c(C)c1C(=O)O[C@@H](C)C(=O)N[C@@H]1CCCc2ccccc21. The fourth-order valence-electron chi connectivity index (χ4n) is 3.59. The lowest BCUT2D eigenvalue weighted by Crippen LogP contribution is -2.39. The molecule has 0 unspecified atom stereocenters. The van der Waals surface area contributed by atoms with Crippen LogP contribution in [0.15, 0.2) is 24.3 Å². The van der Waals surface area contributed by atoms with Gasteiger partial charge in [-0.25, -0.2) is 4.79 Å². The van der Waals surface area contributed by atoms with Crippen LogP contribution in [0, 0.1) is 13.8 Å². The number of carbonyl (C=O) groups is 3. The van der Waals surface area contributed by atoms with Gasteiger partial charge in [0, 0.05) is 11.8 Å². The lowest BCUT2D eigenvalue weighted by molar-refractivity contribution is -0.130. The molecular weight excluding hydrogens is 388 g/mol. The molecule has 6 nitrogen and oxygen atoms in total. The monoisotopic (exact) mass is 414 g/mol. The highest BCUT2D eigenvalue weighted by Gasteiger charge is 2.28. The molecule has 0 bridgehead atoms. The number of hydrogen-bond acceptors (Lipinski definition) is 5. The van der Waals surface area contributed by atoms with Crippen molar-refractivity contribution in [1.29, 1.82) is 0 Å². The number of benzene rings is 1. The molecule has 0 saturated heterocycles. The number of thiophene rings is 1. The molecule has 29 heavy (non-hydrogen) atoms. The smallest absolute Gasteiger partial charge is 0.342 e. The summed E-state index contributed by atoms with van der Waals surface area (Å²) in [6.45, 7) is 6.63. The summed E-state index contributed by atoms with van der Waals surface area (Å²) in [6.07, 6.45) is 1.93. The van der Waals surface area contributed by atoms with Gasteiger partial charge in [-0.05, 0) is 56.7 Å². The van der Waals surface area contributed by atoms with Crippen LogP contribution >= 0.6 is 11.3 Å². The molecule has 2 amide bonds. The van der Waals surface area contributed by atoms with Crippen molar-refractivity contribution in [3.05, 3.63) is 51.4 Å². The molecule has 0 aliphatic heterocycles. The van der Waals surface area contributed by atoms with Gasteiger partial charge in [0.25, 0.3) is 5.91 Å². The van der Waals surface area contributed by atoms with Crippen LogP contribution in [0.1, 0.15) is 64.7 Å². The van der Waals surface area contributed by atoms with Gasteiger partial charge in [0.05, 0.1) is 11.6 Å². The van der Waals surface area contributed by atoms with Crippen LogP contribution in [0.4, 0.5) is 5.00 Å². The van der Waals surface area contributed by atoms with E-state index >= 15 is 0 Å². The first-order valence-corrected chi connectivity index (χ1v) is 10.6. The minimum Gasteiger partial charge on any atom is -0.449 e. The summed E-state index contributed by atoms with van der Waals surface area (Å²) in [5, 5.41) is 6.14. The van der Waals surface area contributed by atoms with Gasteiger partial charge in [0.1, 0.15) is 5.00 Å². The van der Waals surface area contributed by atoms with Crippen LogP contribution in [-0.2, 0) is 20.7 Å². The quantitative estimate of drug-likeness (QED) is 0.723. The molecule has 1 aliphatic carbocycles. The van der Waals surface area contributed by atoms with Gasteiger partial charge in [-0.1, -0.05) is 24.3 Å². The maximum absolute atomic E-state index is 12.7. The van der Waals surface area contributed by atoms with E-state index in [1.165, 1.54) is 23.8 Å². The van der Waals surface area contributed by atoms with Crippen molar-refractivity contribution in [3.63, 3.8) is 0 Å². The number of rotatable bonds is 5. The van der Waals surface area contributed by atoms with Gasteiger partial charge in [-0.15, -0.1) is 11.3 Å². The third-order valence-corrected chi connectivity index (χ3v) is 6.34. The molecule has 1 aromatic carbocycles. The normalized spacial score (nSPS) is 16.5. The topological polar surface area (TPSA) is 84.5 Å². The zero-order valence-electron chi connectivity index (χ0n) is 17.1. The Morgan fingerprint density at radius 3 is 2.66 bits per heavy atom. The van der Waals surface area contributed by atoms with E-state index < -0.39 is 12.1 Å². The van der Waals surface area contributed by atoms with Crippen LogP contribution in [0.2, 0.25) is 0 Å². The molecule has 3 rings (SSSR count). The Morgan fingerprint density at radius 1 is 1.21 bits per heavy atom. The molecule has 1 aliphatic rings. The van der Waals surface area contributed by atoms with Gasteiger partial charge in [-0.3, -0.25) is 9.59 Å². The maximum atomic E-state index is 12.7. The Bertz CT molecular complexity index is 950. The molecule has 2 atom stereocenters. The fraction of sp³-hybridized carbons (Fsp3) is 0.409. The number of ether oxygens (including phenoxy) is 1. The highest BCUT2D eigenvalue weighted by atomic mass is 32.1. The number of amides is 2. The summed E-state index contributed by atoms with van der Waals surface area (Å²) >= 11 is 1.32. The summed E-state index contributed by atoms with van der Waals surface area (Å²) in [6, 6.07) is 8.02. The Kier molecular flexibility index (Phi) is 6.37. The fourth-order valence-corrected chi connectivity index (χ4v) is 4.68. The average molecular weight is 415 g/mol. The van der Waals surface area contributed by atoms with E-state index in [-0.39, 0.29) is 17.9 Å². The van der Waals surface area contributed by atoms with E-state index in [0.29, 0.717) is 10.6 Å². The number of fused-ring (bicyclic) bond motifs is 1. The molecule has 154 valence electrons. The molecule has 0 fully saturated rings. The molecule has 0 spiro atoms. The van der Waals surface area contributed by atoms with Gasteiger partial charge in [0.2, 0.25) is 5.91 Å². The number of esters is 1. The largest absolute Gasteiger partial charge is 0.449 e. The van der Waals surface area contributed by atoms with Gasteiger partial charge >= 0.3 is 5.97 Å². The van der Waals surface area contributed by atoms with Crippen molar-refractivity contribution in [2.24, 2.45) is 0 Å². The molecule has 1 heterocycles. The van der Waals surface area contributed by atoms with Crippen LogP contribution in [-0.4, -0.2) is 23.9 Å². The minimum atomic E-state index is -0.943. The van der Waals surface area contributed by atoms with Crippen LogP contribution in [0.3, 0.4) is 0 Å². The Hall–Kier alpha value is -2.67. The number of hydrogen-bond donors (Lipinski definition) is 2. The summed E-state index contributed by atoms with van der Waals surface area (Å²) in [5.74, 6) is -1.20. The average Bonchev–Trinajstić information content (AvgIpc) is 2.94. The van der Waals surface area contributed by atoms with Crippen molar-refractivity contribution in [3.8, 4) is 0 Å². The third kappa shape index (κ3) is 4.67. The highest BCUT2D eigenvalue weighted by Crippen LogP contribution is 2.33. The molecule has 1 aromatic heterocycles. The first kappa shape index (κ1) is 21.0. The summed E-state index contributed by atoms with van der Waals surface area (Å²) in [5.41, 5.74) is 3.43. The van der Waals surface area contributed by atoms with Crippen LogP contribution in [0.25, 0.3) is 0 Å². The molecule has 7 heteroatoms. The van der Waals surface area contributed by atoms with Gasteiger partial charge < -0.3 is 15.4 Å². The Morgan fingerprint density at radius 2 is 1.93 bits per heavy atom. The summed E-state index contributed by atoms with van der Waals surface area (Å²) < 4.78 is 5.45. The second-order valence-corrected chi connectivity index (χ2v) is 8.59. The molecular formula is C22H26N2O4S. The van der Waals surface area contributed by atoms with Crippen molar-refractivity contribution < 1.29 is 19.1 Å². The number of anilines is 1. The van der Waals surface area contributed by atoms with Crippen molar-refractivity contribution in [2.75, 3.05) is 5.32 Å². The minimum absolute atomic E-state index is 0.0753. The molecule has 0 saturated carbocycles. The third-order valence-electron chi connectivity index (χ3n) is 5.22. The zero-order valence-corrected chi connectivity index (χ0v) is 17.9. The number of nitrogens with one attached hydrogen (secondary N) is 2. The van der Waals surface area contributed by atoms with Crippen LogP contribution < -0.4 is 10.6 Å². The standard InChI is InChI=1S/C22H26N2O4S/c1-12-14(3)29-21(23-15(4)25)19(12)22(27)28-13(2)20(26)24-18-11-7-9-16-8-5-6-10-17(16)18/h5-6,8,10,13,18H,7,9,11H2,1-4H3,(H,23,25)(H,24,26)/t13-,18+/m0/s1. The molecule has 2 N–H and O–H groups in total. The predicted molar refractivity (Wildman–Crippen MR) is 113 cm³/mol. The molecule has 2 aromatic rings. The first-order valence-electron chi connectivity index (χ1n) is 9.74. The first-order chi connectivity index (χ1) is 13.8.